The maximum Gasteiger partial charge on any atom is 0.269 e. The van der Waals surface area contributed by atoms with E-state index in [-0.39, 0.29) is 0 Å². The summed E-state index contributed by atoms with van der Waals surface area (Å²) in [7, 11) is 1.50. The highest BCUT2D eigenvalue weighted by atomic mass is 16.5. The average Bonchev–Trinajstić information content (AvgIpc) is 2.99. The van der Waals surface area contributed by atoms with Gasteiger partial charge in [-0.2, -0.15) is 0 Å². The predicted octanol–water partition coefficient (Wildman–Crippen LogP) is 3.27. The van der Waals surface area contributed by atoms with Gasteiger partial charge in [-0.1, -0.05) is 0 Å². The van der Waals surface area contributed by atoms with Gasteiger partial charge in [-0.15, -0.1) is 0 Å². The van der Waals surface area contributed by atoms with Crippen molar-refractivity contribution in [1.29, 1.82) is 0 Å². The Morgan fingerprint density at radius 2 is 1.61 bits per heavy atom. The maximum atomic E-state index is 12.4. The normalized spacial score (nSPS) is 10.6. The Morgan fingerprint density at radius 1 is 0.964 bits per heavy atom. The quantitative estimate of drug-likeness (QED) is 0.592. The smallest absolute Gasteiger partial charge is 0.269 e. The SMILES string of the molecule is CCOc1ccc(C(=O)NNC(=O)c2ccc3[nH]c(C)c(C)c3c2)cc1OC. The van der Waals surface area contributed by atoms with Gasteiger partial charge in [0.2, 0.25) is 0 Å². The van der Waals surface area contributed by atoms with E-state index < -0.39 is 11.8 Å². The van der Waals surface area contributed by atoms with E-state index in [9.17, 15) is 9.59 Å². The molecule has 3 aromatic rings. The average molecular weight is 381 g/mol. The number of aromatic nitrogens is 1. The first kappa shape index (κ1) is 19.3. The molecule has 0 aliphatic heterocycles. The van der Waals surface area contributed by atoms with Crippen LogP contribution in [0.2, 0.25) is 0 Å². The van der Waals surface area contributed by atoms with E-state index in [0.29, 0.717) is 29.2 Å². The Labute approximate surface area is 163 Å². The van der Waals surface area contributed by atoms with E-state index in [0.717, 1.165) is 22.2 Å². The number of benzene rings is 2. The molecule has 0 bridgehead atoms. The zero-order valence-electron chi connectivity index (χ0n) is 16.3. The van der Waals surface area contributed by atoms with Gasteiger partial charge in [-0.3, -0.25) is 20.4 Å². The minimum atomic E-state index is -0.454. The molecule has 1 aromatic heterocycles. The highest BCUT2D eigenvalue weighted by molar-refractivity contribution is 6.01. The largest absolute Gasteiger partial charge is 0.493 e. The number of methoxy groups -OCH3 is 1. The Bertz CT molecular complexity index is 1040. The second-order valence-electron chi connectivity index (χ2n) is 6.34. The molecular formula is C21H23N3O4. The molecule has 3 rings (SSSR count). The van der Waals surface area contributed by atoms with Gasteiger partial charge in [-0.05, 0) is 62.7 Å². The fourth-order valence-electron chi connectivity index (χ4n) is 2.94. The summed E-state index contributed by atoms with van der Waals surface area (Å²) in [6.45, 7) is 6.34. The number of hydrogen-bond donors (Lipinski definition) is 3. The van der Waals surface area contributed by atoms with Gasteiger partial charge >= 0.3 is 0 Å². The first-order chi connectivity index (χ1) is 13.4. The number of carbonyl (C=O) groups is 2. The fourth-order valence-corrected chi connectivity index (χ4v) is 2.94. The van der Waals surface area contributed by atoms with E-state index >= 15 is 0 Å². The first-order valence-electron chi connectivity index (χ1n) is 8.95. The molecule has 2 aromatic carbocycles. The van der Waals surface area contributed by atoms with Crippen LogP contribution in [0.4, 0.5) is 0 Å². The van der Waals surface area contributed by atoms with Gasteiger partial charge in [0.1, 0.15) is 0 Å². The molecule has 7 nitrogen and oxygen atoms in total. The Kier molecular flexibility index (Phi) is 5.54. The summed E-state index contributed by atoms with van der Waals surface area (Å²) in [5, 5.41) is 0.979. The molecule has 0 aliphatic rings. The lowest BCUT2D eigenvalue weighted by atomic mass is 10.1. The molecule has 28 heavy (non-hydrogen) atoms. The number of H-pyrrole nitrogens is 1. The van der Waals surface area contributed by atoms with Crippen LogP contribution in [0, 0.1) is 13.8 Å². The fraction of sp³-hybridized carbons (Fsp3) is 0.238. The minimum absolute atomic E-state index is 0.341. The molecule has 0 aliphatic carbocycles. The second-order valence-corrected chi connectivity index (χ2v) is 6.34. The van der Waals surface area contributed by atoms with Gasteiger partial charge in [-0.25, -0.2) is 0 Å². The van der Waals surface area contributed by atoms with E-state index in [1.54, 1.807) is 30.3 Å². The van der Waals surface area contributed by atoms with Crippen molar-refractivity contribution in [2.45, 2.75) is 20.8 Å². The zero-order chi connectivity index (χ0) is 20.3. The third-order valence-corrected chi connectivity index (χ3v) is 4.59. The van der Waals surface area contributed by atoms with Crippen molar-refractivity contribution < 1.29 is 19.1 Å². The summed E-state index contributed by atoms with van der Waals surface area (Å²) in [5.41, 5.74) is 8.79. The van der Waals surface area contributed by atoms with E-state index in [1.807, 2.05) is 26.8 Å². The molecule has 146 valence electrons. The summed E-state index contributed by atoms with van der Waals surface area (Å²) in [6.07, 6.45) is 0. The summed E-state index contributed by atoms with van der Waals surface area (Å²) in [4.78, 5) is 28.0. The van der Waals surface area contributed by atoms with Gasteiger partial charge in [0.25, 0.3) is 11.8 Å². The molecule has 1 heterocycles. The van der Waals surface area contributed by atoms with Crippen LogP contribution in [0.5, 0.6) is 11.5 Å². The van der Waals surface area contributed by atoms with Crippen LogP contribution in [0.25, 0.3) is 10.9 Å². The van der Waals surface area contributed by atoms with Crippen molar-refractivity contribution in [3.8, 4) is 11.5 Å². The third-order valence-electron chi connectivity index (χ3n) is 4.59. The minimum Gasteiger partial charge on any atom is -0.493 e. The molecule has 0 saturated heterocycles. The van der Waals surface area contributed by atoms with Crippen molar-refractivity contribution >= 4 is 22.7 Å². The molecule has 0 fully saturated rings. The molecule has 0 spiro atoms. The topological polar surface area (TPSA) is 92.5 Å². The maximum absolute atomic E-state index is 12.4. The number of hydrogen-bond acceptors (Lipinski definition) is 4. The molecule has 0 atom stereocenters. The number of amides is 2. The molecule has 3 N–H and O–H groups in total. The molecule has 2 amide bonds. The van der Waals surface area contributed by atoms with Crippen LogP contribution >= 0.6 is 0 Å². The summed E-state index contributed by atoms with van der Waals surface area (Å²) < 4.78 is 10.7. The lowest BCUT2D eigenvalue weighted by Crippen LogP contribution is -2.41. The van der Waals surface area contributed by atoms with Crippen molar-refractivity contribution in [3.05, 3.63) is 58.8 Å². The number of nitrogens with one attached hydrogen (secondary N) is 3. The highest BCUT2D eigenvalue weighted by Gasteiger charge is 2.14. The van der Waals surface area contributed by atoms with E-state index in [2.05, 4.69) is 15.8 Å². The summed E-state index contributed by atoms with van der Waals surface area (Å²) in [5.74, 6) is 0.150. The van der Waals surface area contributed by atoms with Gasteiger partial charge < -0.3 is 14.5 Å². The predicted molar refractivity (Wildman–Crippen MR) is 107 cm³/mol. The van der Waals surface area contributed by atoms with Crippen LogP contribution in [-0.2, 0) is 0 Å². The molecule has 7 heteroatoms. The highest BCUT2D eigenvalue weighted by Crippen LogP contribution is 2.28. The molecule has 0 unspecified atom stereocenters. The van der Waals surface area contributed by atoms with Gasteiger partial charge in [0.05, 0.1) is 13.7 Å². The third kappa shape index (κ3) is 3.78. The Hall–Kier alpha value is -3.48. The van der Waals surface area contributed by atoms with Crippen molar-refractivity contribution in [2.24, 2.45) is 0 Å². The van der Waals surface area contributed by atoms with E-state index in [4.69, 9.17) is 9.47 Å². The van der Waals surface area contributed by atoms with Crippen LogP contribution in [0.15, 0.2) is 36.4 Å². The number of rotatable bonds is 5. The lowest BCUT2D eigenvalue weighted by Gasteiger charge is -2.11. The Morgan fingerprint density at radius 3 is 2.25 bits per heavy atom. The number of aryl methyl sites for hydroxylation is 2. The number of ether oxygens (including phenoxy) is 2. The van der Waals surface area contributed by atoms with Crippen LogP contribution in [-0.4, -0.2) is 30.5 Å². The van der Waals surface area contributed by atoms with Crippen LogP contribution in [0.1, 0.15) is 38.9 Å². The summed E-state index contributed by atoms with van der Waals surface area (Å²) in [6, 6.07) is 10.2. The zero-order valence-corrected chi connectivity index (χ0v) is 16.3. The monoisotopic (exact) mass is 381 g/mol. The number of fused-ring (bicyclic) bond motifs is 1. The van der Waals surface area contributed by atoms with Crippen molar-refractivity contribution in [3.63, 3.8) is 0 Å². The molecular weight excluding hydrogens is 358 g/mol. The second kappa shape index (κ2) is 8.04. The van der Waals surface area contributed by atoms with Gasteiger partial charge in [0.15, 0.2) is 11.5 Å². The van der Waals surface area contributed by atoms with E-state index in [1.165, 1.54) is 7.11 Å². The van der Waals surface area contributed by atoms with Gasteiger partial charge in [0, 0.05) is 27.7 Å². The molecule has 0 radical (unpaired) electrons. The van der Waals surface area contributed by atoms with Crippen molar-refractivity contribution in [2.75, 3.05) is 13.7 Å². The number of carbonyl (C=O) groups excluding carboxylic acids is 2. The van der Waals surface area contributed by atoms with Crippen LogP contribution in [0.3, 0.4) is 0 Å². The van der Waals surface area contributed by atoms with Crippen molar-refractivity contribution in [1.82, 2.24) is 15.8 Å². The number of aromatic amines is 1. The Balaban J connectivity index is 1.70. The summed E-state index contributed by atoms with van der Waals surface area (Å²) >= 11 is 0. The van der Waals surface area contributed by atoms with Crippen LogP contribution < -0.4 is 20.3 Å². The standard InChI is InChI=1S/C21H23N3O4/c1-5-28-18-9-7-15(11-19(18)27-4)21(26)24-23-20(25)14-6-8-17-16(10-14)12(2)13(3)22-17/h6-11,22H,5H2,1-4H3,(H,23,25)(H,24,26). The number of hydrazine groups is 1. The lowest BCUT2D eigenvalue weighted by molar-refractivity contribution is 0.0846. The molecule has 0 saturated carbocycles. The first-order valence-corrected chi connectivity index (χ1v) is 8.95.